The summed E-state index contributed by atoms with van der Waals surface area (Å²) in [6.07, 6.45) is 1.75. The second kappa shape index (κ2) is 4.10. The standard InChI is InChI=1S/C8H9N5S/c1-6-9-3-2-7(12-6)4-10-8-13-11-5-14-8/h2-3,5H,4H2,1H3,(H,10,13). The summed E-state index contributed by atoms with van der Waals surface area (Å²) in [4.78, 5) is 8.28. The molecule has 0 saturated carbocycles. The fourth-order valence-electron chi connectivity index (χ4n) is 1.02. The molecule has 0 unspecified atom stereocenters. The van der Waals surface area contributed by atoms with E-state index in [1.165, 1.54) is 11.3 Å². The molecular weight excluding hydrogens is 198 g/mol. The lowest BCUT2D eigenvalue weighted by Crippen LogP contribution is -2.02. The third-order valence-electron chi connectivity index (χ3n) is 1.61. The number of aromatic nitrogens is 4. The smallest absolute Gasteiger partial charge is 0.205 e. The molecule has 0 aliphatic carbocycles. The van der Waals surface area contributed by atoms with Gasteiger partial charge in [0.2, 0.25) is 5.13 Å². The van der Waals surface area contributed by atoms with Crippen LogP contribution in [0.1, 0.15) is 11.5 Å². The summed E-state index contributed by atoms with van der Waals surface area (Å²) < 4.78 is 0. The lowest BCUT2D eigenvalue weighted by Gasteiger charge is -2.01. The van der Waals surface area contributed by atoms with Crippen LogP contribution in [0.5, 0.6) is 0 Å². The Bertz CT molecular complexity index is 400. The highest BCUT2D eigenvalue weighted by Gasteiger charge is 1.97. The van der Waals surface area contributed by atoms with Gasteiger partial charge in [-0.05, 0) is 13.0 Å². The number of hydrogen-bond donors (Lipinski definition) is 1. The number of rotatable bonds is 3. The number of nitrogens with zero attached hydrogens (tertiary/aromatic N) is 4. The first kappa shape index (κ1) is 9.01. The van der Waals surface area contributed by atoms with Gasteiger partial charge in [0.1, 0.15) is 11.3 Å². The number of nitrogens with one attached hydrogen (secondary N) is 1. The first-order chi connectivity index (χ1) is 6.84. The molecule has 0 aliphatic heterocycles. The highest BCUT2D eigenvalue weighted by molar-refractivity contribution is 7.13. The molecule has 6 heteroatoms. The van der Waals surface area contributed by atoms with Gasteiger partial charge in [-0.3, -0.25) is 0 Å². The van der Waals surface area contributed by atoms with Crippen LogP contribution < -0.4 is 5.32 Å². The van der Waals surface area contributed by atoms with Crippen LogP contribution in [0.2, 0.25) is 0 Å². The number of aryl methyl sites for hydroxylation is 1. The van der Waals surface area contributed by atoms with E-state index in [-0.39, 0.29) is 0 Å². The SMILES string of the molecule is Cc1nccc(CNc2nncs2)n1. The molecule has 0 radical (unpaired) electrons. The lowest BCUT2D eigenvalue weighted by molar-refractivity contribution is 0.947. The molecule has 2 aromatic rings. The number of anilines is 1. The monoisotopic (exact) mass is 207 g/mol. The molecular formula is C8H9N5S. The highest BCUT2D eigenvalue weighted by Crippen LogP contribution is 2.09. The van der Waals surface area contributed by atoms with Crippen molar-refractivity contribution >= 4 is 16.5 Å². The van der Waals surface area contributed by atoms with E-state index in [4.69, 9.17) is 0 Å². The molecule has 0 amide bonds. The largest absolute Gasteiger partial charge is 0.354 e. The van der Waals surface area contributed by atoms with Gasteiger partial charge in [-0.1, -0.05) is 11.3 Å². The maximum Gasteiger partial charge on any atom is 0.205 e. The predicted molar refractivity (Wildman–Crippen MR) is 54.0 cm³/mol. The van der Waals surface area contributed by atoms with Crippen LogP contribution in [0.15, 0.2) is 17.8 Å². The van der Waals surface area contributed by atoms with Crippen molar-refractivity contribution < 1.29 is 0 Å². The van der Waals surface area contributed by atoms with Gasteiger partial charge < -0.3 is 5.32 Å². The van der Waals surface area contributed by atoms with Gasteiger partial charge in [-0.25, -0.2) is 9.97 Å². The molecule has 0 spiro atoms. The summed E-state index contributed by atoms with van der Waals surface area (Å²) in [6.45, 7) is 2.52. The summed E-state index contributed by atoms with van der Waals surface area (Å²) in [5, 5.41) is 11.5. The molecule has 0 aliphatic rings. The summed E-state index contributed by atoms with van der Waals surface area (Å²) in [6, 6.07) is 1.88. The van der Waals surface area contributed by atoms with Gasteiger partial charge in [0.15, 0.2) is 0 Å². The van der Waals surface area contributed by atoms with E-state index in [1.807, 2.05) is 13.0 Å². The molecule has 2 heterocycles. The highest BCUT2D eigenvalue weighted by atomic mass is 32.1. The molecule has 0 atom stereocenters. The molecule has 5 nitrogen and oxygen atoms in total. The molecule has 72 valence electrons. The van der Waals surface area contributed by atoms with Crippen LogP contribution in [0.3, 0.4) is 0 Å². The van der Waals surface area contributed by atoms with E-state index < -0.39 is 0 Å². The molecule has 0 bridgehead atoms. The molecule has 0 fully saturated rings. The van der Waals surface area contributed by atoms with E-state index >= 15 is 0 Å². The average Bonchev–Trinajstić information content (AvgIpc) is 2.67. The van der Waals surface area contributed by atoms with Crippen molar-refractivity contribution in [1.29, 1.82) is 0 Å². The van der Waals surface area contributed by atoms with Crippen molar-refractivity contribution in [2.75, 3.05) is 5.32 Å². The molecule has 2 rings (SSSR count). The summed E-state index contributed by atoms with van der Waals surface area (Å²) in [5.74, 6) is 0.779. The summed E-state index contributed by atoms with van der Waals surface area (Å²) >= 11 is 1.47. The molecule has 14 heavy (non-hydrogen) atoms. The Morgan fingerprint density at radius 2 is 2.43 bits per heavy atom. The molecule has 1 N–H and O–H groups in total. The van der Waals surface area contributed by atoms with Gasteiger partial charge in [-0.2, -0.15) is 0 Å². The fourth-order valence-corrected chi connectivity index (χ4v) is 1.46. The Morgan fingerprint density at radius 3 is 3.14 bits per heavy atom. The van der Waals surface area contributed by atoms with Crippen LogP contribution in [-0.4, -0.2) is 20.2 Å². The van der Waals surface area contributed by atoms with Gasteiger partial charge >= 0.3 is 0 Å². The first-order valence-electron chi connectivity index (χ1n) is 4.13. The van der Waals surface area contributed by atoms with Crippen LogP contribution in [0, 0.1) is 6.92 Å². The third-order valence-corrected chi connectivity index (χ3v) is 2.26. The van der Waals surface area contributed by atoms with Crippen LogP contribution in [0.4, 0.5) is 5.13 Å². The minimum absolute atomic E-state index is 0.651. The minimum atomic E-state index is 0.651. The van der Waals surface area contributed by atoms with Crippen LogP contribution in [-0.2, 0) is 6.54 Å². The minimum Gasteiger partial charge on any atom is -0.354 e. The zero-order valence-electron chi connectivity index (χ0n) is 7.64. The van der Waals surface area contributed by atoms with Crippen molar-refractivity contribution in [3.8, 4) is 0 Å². The van der Waals surface area contributed by atoms with E-state index in [2.05, 4.69) is 25.5 Å². The Balaban J connectivity index is 1.98. The Kier molecular flexibility index (Phi) is 2.64. The normalized spacial score (nSPS) is 10.1. The Morgan fingerprint density at radius 1 is 1.50 bits per heavy atom. The maximum absolute atomic E-state index is 4.26. The fraction of sp³-hybridized carbons (Fsp3) is 0.250. The summed E-state index contributed by atoms with van der Waals surface area (Å²) in [5.41, 5.74) is 2.64. The zero-order valence-corrected chi connectivity index (χ0v) is 8.45. The quantitative estimate of drug-likeness (QED) is 0.820. The predicted octanol–water partition coefficient (Wildman–Crippen LogP) is 1.25. The Labute approximate surface area is 85.3 Å². The van der Waals surface area contributed by atoms with Gasteiger partial charge in [-0.15, -0.1) is 10.2 Å². The van der Waals surface area contributed by atoms with E-state index in [0.717, 1.165) is 16.6 Å². The van der Waals surface area contributed by atoms with Crippen LogP contribution in [0.25, 0.3) is 0 Å². The van der Waals surface area contributed by atoms with Crippen molar-refractivity contribution in [2.45, 2.75) is 13.5 Å². The topological polar surface area (TPSA) is 63.6 Å². The van der Waals surface area contributed by atoms with Crippen molar-refractivity contribution in [1.82, 2.24) is 20.2 Å². The number of hydrogen-bond acceptors (Lipinski definition) is 6. The molecule has 2 aromatic heterocycles. The van der Waals surface area contributed by atoms with Crippen molar-refractivity contribution in [3.63, 3.8) is 0 Å². The summed E-state index contributed by atoms with van der Waals surface area (Å²) in [7, 11) is 0. The zero-order chi connectivity index (χ0) is 9.80. The van der Waals surface area contributed by atoms with E-state index in [9.17, 15) is 0 Å². The maximum atomic E-state index is 4.26. The van der Waals surface area contributed by atoms with Gasteiger partial charge in [0.05, 0.1) is 12.2 Å². The molecule has 0 saturated heterocycles. The third kappa shape index (κ3) is 2.23. The molecule has 0 aromatic carbocycles. The second-order valence-electron chi connectivity index (χ2n) is 2.69. The van der Waals surface area contributed by atoms with E-state index in [1.54, 1.807) is 11.7 Å². The lowest BCUT2D eigenvalue weighted by atomic mass is 10.4. The van der Waals surface area contributed by atoms with Gasteiger partial charge in [0.25, 0.3) is 0 Å². The second-order valence-corrected chi connectivity index (χ2v) is 3.53. The van der Waals surface area contributed by atoms with Crippen molar-refractivity contribution in [2.24, 2.45) is 0 Å². The first-order valence-corrected chi connectivity index (χ1v) is 5.01. The van der Waals surface area contributed by atoms with Gasteiger partial charge in [0, 0.05) is 6.20 Å². The average molecular weight is 207 g/mol. The van der Waals surface area contributed by atoms with Crippen LogP contribution >= 0.6 is 11.3 Å². The Hall–Kier alpha value is -1.56. The van der Waals surface area contributed by atoms with Crippen molar-refractivity contribution in [3.05, 3.63) is 29.3 Å². The van der Waals surface area contributed by atoms with E-state index in [0.29, 0.717) is 6.54 Å².